The average molecular weight is 316 g/mol. The van der Waals surface area contributed by atoms with Crippen LogP contribution < -0.4 is 0 Å². The van der Waals surface area contributed by atoms with Gasteiger partial charge in [-0.15, -0.1) is 0 Å². The summed E-state index contributed by atoms with van der Waals surface area (Å²) in [4.78, 5) is 17.9. The molecule has 2 aliphatic rings. The van der Waals surface area contributed by atoms with E-state index in [1.54, 1.807) is 0 Å². The summed E-state index contributed by atoms with van der Waals surface area (Å²) in [7, 11) is 0. The van der Waals surface area contributed by atoms with Gasteiger partial charge in [-0.1, -0.05) is 36.8 Å². The van der Waals surface area contributed by atoms with Gasteiger partial charge in [0.05, 0.1) is 5.41 Å². The van der Waals surface area contributed by atoms with Crippen LogP contribution >= 0.6 is 0 Å². The monoisotopic (exact) mass is 316 g/mol. The third-order valence-electron chi connectivity index (χ3n) is 5.47. The Labute approximate surface area is 139 Å². The van der Waals surface area contributed by atoms with Crippen molar-refractivity contribution in [1.29, 1.82) is 0 Å². The highest BCUT2D eigenvalue weighted by Crippen LogP contribution is 2.37. The molecule has 0 N–H and O–H groups in total. The van der Waals surface area contributed by atoms with Gasteiger partial charge in [-0.3, -0.25) is 4.79 Å². The molecule has 4 heteroatoms. The second-order valence-electron chi connectivity index (χ2n) is 6.79. The van der Waals surface area contributed by atoms with Crippen molar-refractivity contribution in [3.63, 3.8) is 0 Å². The second kappa shape index (κ2) is 7.02. The Morgan fingerprint density at radius 1 is 1.09 bits per heavy atom. The topological polar surface area (TPSA) is 32.8 Å². The van der Waals surface area contributed by atoms with Gasteiger partial charge < -0.3 is 14.5 Å². The molecule has 0 aromatic heterocycles. The van der Waals surface area contributed by atoms with Crippen LogP contribution in [0.4, 0.5) is 0 Å². The highest BCUT2D eigenvalue weighted by molar-refractivity contribution is 5.88. The van der Waals surface area contributed by atoms with Crippen molar-refractivity contribution in [3.05, 3.63) is 35.4 Å². The lowest BCUT2D eigenvalue weighted by Gasteiger charge is -2.43. The van der Waals surface area contributed by atoms with Gasteiger partial charge >= 0.3 is 0 Å². The molecule has 2 saturated heterocycles. The third kappa shape index (κ3) is 3.29. The second-order valence-corrected chi connectivity index (χ2v) is 6.79. The maximum atomic E-state index is 13.4. The van der Waals surface area contributed by atoms with E-state index in [9.17, 15) is 4.79 Å². The molecular weight excluding hydrogens is 288 g/mol. The Balaban J connectivity index is 1.84. The molecule has 2 heterocycles. The van der Waals surface area contributed by atoms with Gasteiger partial charge in [0.15, 0.2) is 0 Å². The van der Waals surface area contributed by atoms with E-state index in [1.165, 1.54) is 5.56 Å². The molecule has 4 nitrogen and oxygen atoms in total. The molecule has 0 spiro atoms. The van der Waals surface area contributed by atoms with Crippen molar-refractivity contribution in [1.82, 2.24) is 9.80 Å². The molecule has 0 saturated carbocycles. The number of aryl methyl sites for hydroxylation is 1. The first kappa shape index (κ1) is 16.5. The summed E-state index contributed by atoms with van der Waals surface area (Å²) in [6, 6.07) is 8.52. The molecule has 0 bridgehead atoms. The number of nitrogens with zero attached hydrogens (tertiary/aromatic N) is 2. The van der Waals surface area contributed by atoms with Crippen molar-refractivity contribution in [2.75, 3.05) is 45.9 Å². The van der Waals surface area contributed by atoms with E-state index < -0.39 is 0 Å². The predicted octanol–water partition coefficient (Wildman–Crippen LogP) is 2.21. The van der Waals surface area contributed by atoms with Crippen LogP contribution in [0.3, 0.4) is 0 Å². The van der Waals surface area contributed by atoms with Gasteiger partial charge in [0, 0.05) is 39.4 Å². The Morgan fingerprint density at radius 3 is 2.26 bits per heavy atom. The first-order valence-corrected chi connectivity index (χ1v) is 8.82. The van der Waals surface area contributed by atoms with E-state index in [1.807, 2.05) is 0 Å². The number of carbonyl (C=O) groups excluding carboxylic acids is 1. The van der Waals surface area contributed by atoms with Crippen LogP contribution in [0.2, 0.25) is 0 Å². The van der Waals surface area contributed by atoms with Crippen molar-refractivity contribution < 1.29 is 9.53 Å². The maximum Gasteiger partial charge on any atom is 0.233 e. The Kier molecular flexibility index (Phi) is 5.02. The zero-order valence-electron chi connectivity index (χ0n) is 14.4. The molecule has 0 aliphatic carbocycles. The van der Waals surface area contributed by atoms with Crippen LogP contribution in [0.25, 0.3) is 0 Å². The number of benzene rings is 1. The lowest BCUT2D eigenvalue weighted by Crippen LogP contribution is -2.55. The fraction of sp³-hybridized carbons (Fsp3) is 0.632. The largest absolute Gasteiger partial charge is 0.381 e. The molecule has 1 aromatic rings. The first-order chi connectivity index (χ1) is 11.2. The Hall–Kier alpha value is -1.39. The maximum absolute atomic E-state index is 13.4. The number of hydrogen-bond acceptors (Lipinski definition) is 3. The molecule has 1 aromatic carbocycles. The van der Waals surface area contributed by atoms with Crippen molar-refractivity contribution in [2.45, 2.75) is 32.1 Å². The highest BCUT2D eigenvalue weighted by Gasteiger charge is 2.44. The summed E-state index contributed by atoms with van der Waals surface area (Å²) in [5.41, 5.74) is 2.01. The van der Waals surface area contributed by atoms with Crippen molar-refractivity contribution >= 4 is 5.91 Å². The van der Waals surface area contributed by atoms with Gasteiger partial charge in [-0.25, -0.2) is 0 Å². The van der Waals surface area contributed by atoms with E-state index in [4.69, 9.17) is 4.74 Å². The standard InChI is InChI=1S/C19H28N2O2/c1-3-20-10-12-21(13-11-20)18(22)19(8-14-23-15-9-19)17-6-4-16(2)5-7-17/h4-7H,3,8-15H2,1-2H3. The van der Waals surface area contributed by atoms with E-state index >= 15 is 0 Å². The molecule has 2 aliphatic heterocycles. The van der Waals surface area contributed by atoms with Gasteiger partial charge in [-0.2, -0.15) is 0 Å². The number of ether oxygens (including phenoxy) is 1. The summed E-state index contributed by atoms with van der Waals surface area (Å²) in [5, 5.41) is 0. The summed E-state index contributed by atoms with van der Waals surface area (Å²) in [6.45, 7) is 10.4. The van der Waals surface area contributed by atoms with Crippen LogP contribution in [0.1, 0.15) is 30.9 Å². The van der Waals surface area contributed by atoms with Crippen LogP contribution in [0.15, 0.2) is 24.3 Å². The normalized spacial score (nSPS) is 22.1. The summed E-state index contributed by atoms with van der Waals surface area (Å²) in [5.74, 6) is 0.306. The molecule has 126 valence electrons. The quantitative estimate of drug-likeness (QED) is 0.857. The fourth-order valence-electron chi connectivity index (χ4n) is 3.79. The van der Waals surface area contributed by atoms with Crippen LogP contribution in [-0.2, 0) is 14.9 Å². The van der Waals surface area contributed by atoms with Crippen molar-refractivity contribution in [2.24, 2.45) is 0 Å². The van der Waals surface area contributed by atoms with Gasteiger partial charge in [0.25, 0.3) is 0 Å². The average Bonchev–Trinajstić information content (AvgIpc) is 2.62. The lowest BCUT2D eigenvalue weighted by molar-refractivity contribution is -0.143. The smallest absolute Gasteiger partial charge is 0.233 e. The Morgan fingerprint density at radius 2 is 1.70 bits per heavy atom. The van der Waals surface area contributed by atoms with E-state index in [0.717, 1.165) is 51.1 Å². The van der Waals surface area contributed by atoms with E-state index in [0.29, 0.717) is 19.1 Å². The lowest BCUT2D eigenvalue weighted by atomic mass is 9.72. The van der Waals surface area contributed by atoms with Crippen LogP contribution in [-0.4, -0.2) is 61.6 Å². The number of carbonyl (C=O) groups is 1. The van der Waals surface area contributed by atoms with E-state index in [2.05, 4.69) is 47.9 Å². The fourth-order valence-corrected chi connectivity index (χ4v) is 3.79. The molecule has 2 fully saturated rings. The Bertz CT molecular complexity index is 527. The minimum atomic E-state index is -0.389. The molecule has 23 heavy (non-hydrogen) atoms. The zero-order valence-corrected chi connectivity index (χ0v) is 14.4. The minimum absolute atomic E-state index is 0.306. The molecule has 3 rings (SSSR count). The highest BCUT2D eigenvalue weighted by atomic mass is 16.5. The molecule has 1 amide bonds. The van der Waals surface area contributed by atoms with Gasteiger partial charge in [0.1, 0.15) is 0 Å². The van der Waals surface area contributed by atoms with Gasteiger partial charge in [0.2, 0.25) is 5.91 Å². The van der Waals surface area contributed by atoms with Crippen LogP contribution in [0.5, 0.6) is 0 Å². The number of likely N-dealkylation sites (N-methyl/N-ethyl adjacent to an activating group) is 1. The van der Waals surface area contributed by atoms with Crippen molar-refractivity contribution in [3.8, 4) is 0 Å². The SMILES string of the molecule is CCN1CCN(C(=O)C2(c3ccc(C)cc3)CCOCC2)CC1. The molecule has 0 unspecified atom stereocenters. The summed E-state index contributed by atoms with van der Waals surface area (Å²) < 4.78 is 5.56. The molecular formula is C19H28N2O2. The molecule has 0 atom stereocenters. The summed E-state index contributed by atoms with van der Waals surface area (Å²) >= 11 is 0. The number of rotatable bonds is 3. The number of piperazine rings is 1. The zero-order chi connectivity index (χ0) is 16.3. The molecule has 0 radical (unpaired) electrons. The number of hydrogen-bond donors (Lipinski definition) is 0. The third-order valence-corrected chi connectivity index (χ3v) is 5.47. The predicted molar refractivity (Wildman–Crippen MR) is 91.6 cm³/mol. The first-order valence-electron chi connectivity index (χ1n) is 8.82. The number of amides is 1. The van der Waals surface area contributed by atoms with Crippen LogP contribution in [0, 0.1) is 6.92 Å². The summed E-state index contributed by atoms with van der Waals surface area (Å²) in [6.07, 6.45) is 1.59. The van der Waals surface area contributed by atoms with Gasteiger partial charge in [-0.05, 0) is 31.9 Å². The van der Waals surface area contributed by atoms with E-state index in [-0.39, 0.29) is 5.41 Å². The minimum Gasteiger partial charge on any atom is -0.381 e.